The van der Waals surface area contributed by atoms with Gasteiger partial charge in [-0.25, -0.2) is 4.39 Å². The Morgan fingerprint density at radius 3 is 2.91 bits per heavy atom. The predicted molar refractivity (Wildman–Crippen MR) is 86.1 cm³/mol. The van der Waals surface area contributed by atoms with Gasteiger partial charge in [0.15, 0.2) is 5.17 Å². The first kappa shape index (κ1) is 15.5. The van der Waals surface area contributed by atoms with Gasteiger partial charge in [0.1, 0.15) is 11.2 Å². The van der Waals surface area contributed by atoms with Crippen LogP contribution in [0.15, 0.2) is 35.3 Å². The van der Waals surface area contributed by atoms with Gasteiger partial charge in [0.05, 0.1) is 12.7 Å². The van der Waals surface area contributed by atoms with Gasteiger partial charge in [0, 0.05) is 17.7 Å². The number of amides is 1. The number of carbonyl (C=O) groups excluding carboxylic acids is 1. The number of thioether (sulfide) groups is 1. The van der Waals surface area contributed by atoms with Crippen LogP contribution in [-0.2, 0) is 4.74 Å². The minimum absolute atomic E-state index is 0.102. The lowest BCUT2D eigenvalue weighted by Gasteiger charge is -2.47. The molecule has 0 unspecified atom stereocenters. The van der Waals surface area contributed by atoms with Gasteiger partial charge >= 0.3 is 0 Å². The number of rotatable bonds is 1. The summed E-state index contributed by atoms with van der Waals surface area (Å²) in [7, 11) is 0. The van der Waals surface area contributed by atoms with Crippen molar-refractivity contribution in [3.63, 3.8) is 0 Å². The number of benzene rings is 1. The summed E-state index contributed by atoms with van der Waals surface area (Å²) in [6, 6.07) is 8.92. The molecule has 0 radical (unpaired) electrons. The van der Waals surface area contributed by atoms with E-state index < -0.39 is 11.2 Å². The summed E-state index contributed by atoms with van der Waals surface area (Å²) in [6.07, 6.45) is 0.231. The van der Waals surface area contributed by atoms with Gasteiger partial charge in [-0.2, -0.15) is 0 Å². The van der Waals surface area contributed by atoms with E-state index >= 15 is 4.39 Å². The number of alkyl halides is 1. The minimum atomic E-state index is -1.39. The zero-order valence-corrected chi connectivity index (χ0v) is 13.5. The maximum atomic E-state index is 15.2. The summed E-state index contributed by atoms with van der Waals surface area (Å²) >= 11 is 1.26. The molecule has 0 aromatic heterocycles. The standard InChI is InChI=1S/C16H19FN2O2S/c1-11-8-16(17)10-22-14(19-15(16,2)9-21-11)18-13(20)12-6-4-3-5-7-12/h3-7,11H,8-10H2,1-2H3,(H,18,19,20)/t11-,15-,16+/m0/s1. The molecule has 118 valence electrons. The van der Waals surface area contributed by atoms with Gasteiger partial charge in [-0.3, -0.25) is 9.79 Å². The van der Waals surface area contributed by atoms with Crippen LogP contribution in [-0.4, -0.2) is 40.7 Å². The second-order valence-corrected chi connectivity index (χ2v) is 7.05. The van der Waals surface area contributed by atoms with Gasteiger partial charge in [-0.15, -0.1) is 0 Å². The topological polar surface area (TPSA) is 50.7 Å². The highest BCUT2D eigenvalue weighted by Crippen LogP contribution is 2.45. The molecular formula is C16H19FN2O2S. The van der Waals surface area contributed by atoms with E-state index in [1.807, 2.05) is 13.0 Å². The van der Waals surface area contributed by atoms with E-state index in [1.54, 1.807) is 31.2 Å². The fourth-order valence-corrected chi connectivity index (χ4v) is 4.00. The zero-order chi connectivity index (χ0) is 15.8. The molecule has 3 atom stereocenters. The van der Waals surface area contributed by atoms with Crippen LogP contribution >= 0.6 is 11.8 Å². The first-order valence-corrected chi connectivity index (χ1v) is 8.30. The molecule has 1 amide bonds. The van der Waals surface area contributed by atoms with Crippen LogP contribution in [0.3, 0.4) is 0 Å². The Morgan fingerprint density at radius 1 is 1.45 bits per heavy atom. The number of carbonyl (C=O) groups is 1. The molecule has 22 heavy (non-hydrogen) atoms. The molecule has 4 nitrogen and oxygen atoms in total. The molecule has 2 aliphatic rings. The molecule has 1 fully saturated rings. The molecule has 6 heteroatoms. The predicted octanol–water partition coefficient (Wildman–Crippen LogP) is 2.80. The maximum absolute atomic E-state index is 15.2. The van der Waals surface area contributed by atoms with E-state index in [-0.39, 0.29) is 24.4 Å². The van der Waals surface area contributed by atoms with Crippen LogP contribution < -0.4 is 5.32 Å². The molecule has 1 saturated heterocycles. The maximum Gasteiger partial charge on any atom is 0.257 e. The third-order valence-electron chi connectivity index (χ3n) is 4.27. The highest BCUT2D eigenvalue weighted by atomic mass is 32.2. The molecule has 0 saturated carbocycles. The lowest BCUT2D eigenvalue weighted by atomic mass is 9.79. The van der Waals surface area contributed by atoms with Crippen molar-refractivity contribution in [1.29, 1.82) is 0 Å². The monoisotopic (exact) mass is 322 g/mol. The summed E-state index contributed by atoms with van der Waals surface area (Å²) in [4.78, 5) is 16.6. The van der Waals surface area contributed by atoms with Crippen molar-refractivity contribution in [2.45, 2.75) is 37.6 Å². The van der Waals surface area contributed by atoms with Gasteiger partial charge in [-0.1, -0.05) is 30.0 Å². The summed E-state index contributed by atoms with van der Waals surface area (Å²) in [5.74, 6) is 0.0531. The number of aliphatic imine (C=N–C) groups is 1. The molecule has 0 aliphatic carbocycles. The first-order valence-electron chi connectivity index (χ1n) is 7.31. The van der Waals surface area contributed by atoms with Crippen LogP contribution in [0.1, 0.15) is 30.6 Å². The molecule has 1 aromatic rings. The smallest absolute Gasteiger partial charge is 0.257 e. The summed E-state index contributed by atoms with van der Waals surface area (Å²) in [5.41, 5.74) is -1.78. The van der Waals surface area contributed by atoms with Crippen molar-refractivity contribution in [2.75, 3.05) is 12.4 Å². The largest absolute Gasteiger partial charge is 0.376 e. The molecule has 0 spiro atoms. The van der Waals surface area contributed by atoms with E-state index in [4.69, 9.17) is 4.74 Å². The average molecular weight is 322 g/mol. The van der Waals surface area contributed by atoms with Crippen molar-refractivity contribution >= 4 is 22.8 Å². The van der Waals surface area contributed by atoms with Gasteiger partial charge in [0.2, 0.25) is 0 Å². The Bertz CT molecular complexity index is 609. The van der Waals surface area contributed by atoms with Gasteiger partial charge in [-0.05, 0) is 26.0 Å². The fourth-order valence-electron chi connectivity index (χ4n) is 2.78. The molecule has 0 bridgehead atoms. The number of hydrogen-bond donors (Lipinski definition) is 1. The molecule has 3 rings (SSSR count). The number of amidine groups is 1. The van der Waals surface area contributed by atoms with Gasteiger partial charge in [0.25, 0.3) is 5.91 Å². The van der Waals surface area contributed by atoms with Crippen molar-refractivity contribution < 1.29 is 13.9 Å². The van der Waals surface area contributed by atoms with Crippen molar-refractivity contribution in [2.24, 2.45) is 4.99 Å². The molecule has 2 heterocycles. The first-order chi connectivity index (χ1) is 10.4. The van der Waals surface area contributed by atoms with Crippen molar-refractivity contribution in [1.82, 2.24) is 5.32 Å². The number of hydrogen-bond acceptors (Lipinski definition) is 4. The average Bonchev–Trinajstić information content (AvgIpc) is 2.50. The molecule has 2 aliphatic heterocycles. The Labute approximate surface area is 133 Å². The fraction of sp³-hybridized carbons (Fsp3) is 0.500. The SMILES string of the molecule is C[C@H]1C[C@@]2(F)CSC(NC(=O)c3ccccc3)=N[C@@]2(C)CO1. The molecular weight excluding hydrogens is 303 g/mol. The van der Waals surface area contributed by atoms with Gasteiger partial charge < -0.3 is 10.1 Å². The van der Waals surface area contributed by atoms with E-state index in [0.29, 0.717) is 17.2 Å². The molecule has 1 aromatic carbocycles. The zero-order valence-electron chi connectivity index (χ0n) is 12.6. The lowest BCUT2D eigenvalue weighted by molar-refractivity contribution is -0.0963. The van der Waals surface area contributed by atoms with Crippen LogP contribution in [0.2, 0.25) is 0 Å². The van der Waals surface area contributed by atoms with Crippen molar-refractivity contribution in [3.05, 3.63) is 35.9 Å². The molecule has 1 N–H and O–H groups in total. The normalized spacial score (nSPS) is 34.5. The number of fused-ring (bicyclic) bond motifs is 1. The second-order valence-electron chi connectivity index (χ2n) is 6.09. The van der Waals surface area contributed by atoms with E-state index in [1.165, 1.54) is 11.8 Å². The van der Waals surface area contributed by atoms with Crippen LogP contribution in [0, 0.1) is 0 Å². The number of nitrogens with one attached hydrogen (secondary N) is 1. The lowest BCUT2D eigenvalue weighted by Crippen LogP contribution is -2.61. The Balaban J connectivity index is 1.78. The summed E-state index contributed by atoms with van der Waals surface area (Å²) < 4.78 is 20.7. The highest BCUT2D eigenvalue weighted by molar-refractivity contribution is 8.14. The Morgan fingerprint density at radius 2 is 2.18 bits per heavy atom. The Kier molecular flexibility index (Phi) is 3.99. The quantitative estimate of drug-likeness (QED) is 0.865. The highest BCUT2D eigenvalue weighted by Gasteiger charge is 2.55. The minimum Gasteiger partial charge on any atom is -0.376 e. The van der Waals surface area contributed by atoms with Crippen molar-refractivity contribution in [3.8, 4) is 0 Å². The number of nitrogens with zero attached hydrogens (tertiary/aromatic N) is 1. The summed E-state index contributed by atoms with van der Waals surface area (Å²) in [6.45, 7) is 3.87. The second kappa shape index (κ2) is 5.66. The third kappa shape index (κ3) is 2.77. The van der Waals surface area contributed by atoms with Crippen LogP contribution in [0.5, 0.6) is 0 Å². The van der Waals surface area contributed by atoms with Crippen LogP contribution in [0.25, 0.3) is 0 Å². The third-order valence-corrected chi connectivity index (χ3v) is 5.34. The van der Waals surface area contributed by atoms with Crippen LogP contribution in [0.4, 0.5) is 4.39 Å². The number of ether oxygens (including phenoxy) is 1. The van der Waals surface area contributed by atoms with E-state index in [9.17, 15) is 4.79 Å². The van der Waals surface area contributed by atoms with E-state index in [0.717, 1.165) is 0 Å². The van der Waals surface area contributed by atoms with E-state index in [2.05, 4.69) is 10.3 Å². The summed E-state index contributed by atoms with van der Waals surface area (Å²) in [5, 5.41) is 3.23. The Hall–Kier alpha value is -1.40. The number of halogens is 1.